The zero-order valence-electron chi connectivity index (χ0n) is 8.91. The predicted molar refractivity (Wildman–Crippen MR) is 59.4 cm³/mol. The summed E-state index contributed by atoms with van der Waals surface area (Å²) in [5.74, 6) is -2.83. The third kappa shape index (κ3) is 4.02. The molecule has 0 saturated carbocycles. The fourth-order valence-corrected chi connectivity index (χ4v) is 1.21. The fourth-order valence-electron chi connectivity index (χ4n) is 1.04. The van der Waals surface area contributed by atoms with E-state index >= 15 is 0 Å². The molecule has 8 heteroatoms. The first-order valence-corrected chi connectivity index (χ1v) is 4.99. The average Bonchev–Trinajstić information content (AvgIpc) is 2.28. The quantitative estimate of drug-likeness (QED) is 0.798. The van der Waals surface area contributed by atoms with Crippen molar-refractivity contribution in [3.8, 4) is 0 Å². The smallest absolute Gasteiger partial charge is 0.341 e. The molecule has 0 saturated heterocycles. The van der Waals surface area contributed by atoms with Gasteiger partial charge < -0.3 is 10.5 Å². The Kier molecular flexibility index (Phi) is 4.61. The highest BCUT2D eigenvalue weighted by Gasteiger charge is 2.15. The first kappa shape index (κ1) is 13.9. The number of amides is 3. The molecule has 0 radical (unpaired) electrons. The molecule has 0 fully saturated rings. The van der Waals surface area contributed by atoms with Crippen LogP contribution in [0.1, 0.15) is 10.4 Å². The summed E-state index contributed by atoms with van der Waals surface area (Å²) in [7, 11) is 0. The van der Waals surface area contributed by atoms with Crippen molar-refractivity contribution in [3.05, 3.63) is 34.6 Å². The van der Waals surface area contributed by atoms with E-state index in [0.717, 1.165) is 12.1 Å². The number of esters is 1. The second-order valence-electron chi connectivity index (χ2n) is 3.11. The van der Waals surface area contributed by atoms with Crippen LogP contribution in [0.2, 0.25) is 5.02 Å². The van der Waals surface area contributed by atoms with Gasteiger partial charge in [-0.3, -0.25) is 10.1 Å². The number of carbonyl (C=O) groups is 3. The highest BCUT2D eigenvalue weighted by molar-refractivity contribution is 6.30. The zero-order valence-corrected chi connectivity index (χ0v) is 9.66. The highest BCUT2D eigenvalue weighted by Crippen LogP contribution is 2.15. The molecule has 0 aliphatic heterocycles. The highest BCUT2D eigenvalue weighted by atomic mass is 35.5. The monoisotopic (exact) mass is 274 g/mol. The SMILES string of the molecule is NC(=O)NC(=O)COC(=O)c1cc(Cl)ccc1F. The number of carbonyl (C=O) groups excluding carboxylic acids is 3. The van der Waals surface area contributed by atoms with Gasteiger partial charge in [0, 0.05) is 5.02 Å². The van der Waals surface area contributed by atoms with E-state index < -0.39 is 35.9 Å². The van der Waals surface area contributed by atoms with Crippen LogP contribution in [0.3, 0.4) is 0 Å². The molecule has 0 aliphatic carbocycles. The van der Waals surface area contributed by atoms with Crippen molar-refractivity contribution in [2.24, 2.45) is 5.73 Å². The van der Waals surface area contributed by atoms with Crippen LogP contribution in [0.25, 0.3) is 0 Å². The third-order valence-corrected chi connectivity index (χ3v) is 1.98. The first-order chi connectivity index (χ1) is 8.40. The Morgan fingerprint density at radius 2 is 2.06 bits per heavy atom. The maximum absolute atomic E-state index is 13.2. The van der Waals surface area contributed by atoms with Crippen LogP contribution in [0.5, 0.6) is 0 Å². The van der Waals surface area contributed by atoms with Gasteiger partial charge in [0.15, 0.2) is 6.61 Å². The molecule has 3 N–H and O–H groups in total. The zero-order chi connectivity index (χ0) is 13.7. The number of nitrogens with one attached hydrogen (secondary N) is 1. The summed E-state index contributed by atoms with van der Waals surface area (Å²) in [6, 6.07) is 2.23. The van der Waals surface area contributed by atoms with Crippen LogP contribution in [0.15, 0.2) is 18.2 Å². The first-order valence-electron chi connectivity index (χ1n) is 4.61. The molecule has 1 aromatic carbocycles. The van der Waals surface area contributed by atoms with Crippen LogP contribution in [0.4, 0.5) is 9.18 Å². The molecule has 0 aromatic heterocycles. The standard InChI is InChI=1S/C10H8ClFN2O4/c11-5-1-2-7(12)6(3-5)9(16)18-4-8(15)14-10(13)17/h1-3H,4H2,(H3,13,14,15,17). The van der Waals surface area contributed by atoms with E-state index in [1.54, 1.807) is 5.32 Å². The second kappa shape index (κ2) is 5.97. The largest absolute Gasteiger partial charge is 0.452 e. The normalized spacial score (nSPS) is 9.67. The molecular formula is C10H8ClFN2O4. The van der Waals surface area contributed by atoms with Gasteiger partial charge in [0.1, 0.15) is 5.82 Å². The molecule has 96 valence electrons. The van der Waals surface area contributed by atoms with Gasteiger partial charge in [-0.1, -0.05) is 11.6 Å². The van der Waals surface area contributed by atoms with E-state index in [2.05, 4.69) is 10.5 Å². The molecule has 0 bridgehead atoms. The van der Waals surface area contributed by atoms with Crippen molar-refractivity contribution in [2.45, 2.75) is 0 Å². The lowest BCUT2D eigenvalue weighted by molar-refractivity contribution is -0.123. The number of imide groups is 1. The fraction of sp³-hybridized carbons (Fsp3) is 0.100. The van der Waals surface area contributed by atoms with E-state index in [1.807, 2.05) is 0 Å². The number of benzene rings is 1. The molecule has 1 rings (SSSR count). The van der Waals surface area contributed by atoms with Crippen LogP contribution in [0, 0.1) is 5.82 Å². The van der Waals surface area contributed by atoms with Gasteiger partial charge in [0.25, 0.3) is 5.91 Å². The minimum Gasteiger partial charge on any atom is -0.452 e. The minimum absolute atomic E-state index is 0.143. The number of rotatable bonds is 3. The Hall–Kier alpha value is -2.15. The van der Waals surface area contributed by atoms with Crippen LogP contribution < -0.4 is 11.1 Å². The summed E-state index contributed by atoms with van der Waals surface area (Å²) in [4.78, 5) is 32.6. The Morgan fingerprint density at radius 1 is 1.39 bits per heavy atom. The van der Waals surface area contributed by atoms with Gasteiger partial charge in [-0.2, -0.15) is 0 Å². The summed E-state index contributed by atoms with van der Waals surface area (Å²) < 4.78 is 17.7. The van der Waals surface area contributed by atoms with Gasteiger partial charge >= 0.3 is 12.0 Å². The maximum Gasteiger partial charge on any atom is 0.341 e. The van der Waals surface area contributed by atoms with Crippen LogP contribution in [-0.2, 0) is 9.53 Å². The predicted octanol–water partition coefficient (Wildman–Crippen LogP) is 0.831. The molecule has 0 unspecified atom stereocenters. The van der Waals surface area contributed by atoms with Gasteiger partial charge in [-0.05, 0) is 18.2 Å². The second-order valence-corrected chi connectivity index (χ2v) is 3.55. The Labute approximate surface area is 106 Å². The summed E-state index contributed by atoms with van der Waals surface area (Å²) in [5, 5.41) is 1.82. The molecule has 6 nitrogen and oxygen atoms in total. The van der Waals surface area contributed by atoms with Crippen molar-refractivity contribution in [1.29, 1.82) is 0 Å². The Bertz CT molecular complexity index is 507. The maximum atomic E-state index is 13.2. The lowest BCUT2D eigenvalue weighted by Gasteiger charge is -2.05. The molecule has 0 atom stereocenters. The van der Waals surface area contributed by atoms with E-state index in [9.17, 15) is 18.8 Å². The van der Waals surface area contributed by atoms with E-state index in [1.165, 1.54) is 6.07 Å². The van der Waals surface area contributed by atoms with Crippen molar-refractivity contribution in [2.75, 3.05) is 6.61 Å². The van der Waals surface area contributed by atoms with E-state index in [0.29, 0.717) is 0 Å². The summed E-state index contributed by atoms with van der Waals surface area (Å²) in [6.07, 6.45) is 0. The number of nitrogens with two attached hydrogens (primary N) is 1. The summed E-state index contributed by atoms with van der Waals surface area (Å²) in [5.41, 5.74) is 4.26. The van der Waals surface area contributed by atoms with Crippen LogP contribution in [-0.4, -0.2) is 24.5 Å². The van der Waals surface area contributed by atoms with Gasteiger partial charge in [-0.15, -0.1) is 0 Å². The molecule has 0 spiro atoms. The third-order valence-electron chi connectivity index (χ3n) is 1.75. The van der Waals surface area contributed by atoms with Gasteiger partial charge in [0.2, 0.25) is 0 Å². The number of hydrogen-bond donors (Lipinski definition) is 2. The van der Waals surface area contributed by atoms with E-state index in [-0.39, 0.29) is 5.02 Å². The average molecular weight is 275 g/mol. The molecule has 1 aromatic rings. The Morgan fingerprint density at radius 3 is 2.67 bits per heavy atom. The molecule has 0 aliphatic rings. The number of halogens is 2. The molecule has 3 amide bonds. The van der Waals surface area contributed by atoms with E-state index in [4.69, 9.17) is 11.6 Å². The van der Waals surface area contributed by atoms with Crippen LogP contribution >= 0.6 is 11.6 Å². The minimum atomic E-state index is -1.08. The summed E-state index contributed by atoms with van der Waals surface area (Å²) in [6.45, 7) is -0.756. The Balaban J connectivity index is 2.63. The lowest BCUT2D eigenvalue weighted by atomic mass is 10.2. The van der Waals surface area contributed by atoms with Crippen molar-refractivity contribution < 1.29 is 23.5 Å². The summed E-state index contributed by atoms with van der Waals surface area (Å²) >= 11 is 5.58. The van der Waals surface area contributed by atoms with Crippen molar-refractivity contribution >= 4 is 29.5 Å². The van der Waals surface area contributed by atoms with Gasteiger partial charge in [-0.25, -0.2) is 14.0 Å². The molecule has 18 heavy (non-hydrogen) atoms. The topological polar surface area (TPSA) is 98.5 Å². The number of primary amides is 1. The number of urea groups is 1. The number of ether oxygens (including phenoxy) is 1. The van der Waals surface area contributed by atoms with Gasteiger partial charge in [0.05, 0.1) is 5.56 Å². The van der Waals surface area contributed by atoms with Crippen molar-refractivity contribution in [1.82, 2.24) is 5.32 Å². The lowest BCUT2D eigenvalue weighted by Crippen LogP contribution is -2.37. The van der Waals surface area contributed by atoms with Crippen molar-refractivity contribution in [3.63, 3.8) is 0 Å². The molecular weight excluding hydrogens is 267 g/mol. The molecule has 0 heterocycles. The number of hydrogen-bond acceptors (Lipinski definition) is 4.